The van der Waals surface area contributed by atoms with Crippen LogP contribution in [0.15, 0.2) is 0 Å². The number of hydrogen-bond donors (Lipinski definition) is 1. The van der Waals surface area contributed by atoms with Gasteiger partial charge in [-0.3, -0.25) is 0 Å². The Morgan fingerprint density at radius 1 is 1.47 bits per heavy atom. The molecule has 2 rings (SSSR count). The Labute approximate surface area is 115 Å². The summed E-state index contributed by atoms with van der Waals surface area (Å²) < 4.78 is 0. The lowest BCUT2D eigenvalue weighted by Crippen LogP contribution is -2.54. The highest BCUT2D eigenvalue weighted by Crippen LogP contribution is 2.35. The summed E-state index contributed by atoms with van der Waals surface area (Å²) in [5, 5.41) is 15.6. The molecule has 0 bridgehead atoms. The van der Waals surface area contributed by atoms with Gasteiger partial charge in [0.25, 0.3) is 0 Å². The first-order valence-corrected chi connectivity index (χ1v) is 7.13. The van der Waals surface area contributed by atoms with Gasteiger partial charge in [-0.15, -0.1) is 10.2 Å². The van der Waals surface area contributed by atoms with Gasteiger partial charge < -0.3 is 10.2 Å². The highest BCUT2D eigenvalue weighted by molar-refractivity contribution is 4.95. The van der Waals surface area contributed by atoms with Gasteiger partial charge in [-0.1, -0.05) is 19.8 Å². The van der Waals surface area contributed by atoms with E-state index < -0.39 is 0 Å². The molecule has 2 unspecified atom stereocenters. The van der Waals surface area contributed by atoms with Gasteiger partial charge in [0, 0.05) is 12.1 Å². The highest BCUT2D eigenvalue weighted by Gasteiger charge is 2.36. The Morgan fingerprint density at radius 2 is 2.26 bits per heavy atom. The van der Waals surface area contributed by atoms with Crippen LogP contribution in [0.5, 0.6) is 0 Å². The van der Waals surface area contributed by atoms with E-state index in [1.54, 1.807) is 7.05 Å². The van der Waals surface area contributed by atoms with Gasteiger partial charge in [0.05, 0.1) is 13.6 Å². The molecule has 0 aromatic carbocycles. The van der Waals surface area contributed by atoms with Crippen molar-refractivity contribution in [1.82, 2.24) is 30.4 Å². The highest BCUT2D eigenvalue weighted by atomic mass is 15.6. The van der Waals surface area contributed by atoms with E-state index in [0.717, 1.165) is 18.3 Å². The van der Waals surface area contributed by atoms with Crippen LogP contribution in [-0.4, -0.2) is 51.3 Å². The molecule has 0 radical (unpaired) electrons. The minimum absolute atomic E-state index is 0.278. The molecule has 1 fully saturated rings. The maximum atomic E-state index is 4.19. The molecule has 1 heterocycles. The fourth-order valence-corrected chi connectivity index (χ4v) is 3.16. The van der Waals surface area contributed by atoms with E-state index in [0.29, 0.717) is 6.54 Å². The molecule has 108 valence electrons. The van der Waals surface area contributed by atoms with Crippen molar-refractivity contribution in [3.8, 4) is 0 Å². The predicted molar refractivity (Wildman–Crippen MR) is 74.6 cm³/mol. The van der Waals surface area contributed by atoms with E-state index in [4.69, 9.17) is 0 Å². The summed E-state index contributed by atoms with van der Waals surface area (Å²) in [4.78, 5) is 3.89. The standard InChI is InChI=1S/C13H26N6/c1-11-6-5-7-13(8-11,18(2)3)10-14-9-12-15-17-19(4)16-12/h11,14H,5-10H2,1-4H3. The molecular weight excluding hydrogens is 240 g/mol. The maximum Gasteiger partial charge on any atom is 0.188 e. The van der Waals surface area contributed by atoms with E-state index in [1.165, 1.54) is 30.5 Å². The maximum absolute atomic E-state index is 4.19. The molecular formula is C13H26N6. The van der Waals surface area contributed by atoms with Gasteiger partial charge in [0.15, 0.2) is 5.82 Å². The topological polar surface area (TPSA) is 58.9 Å². The monoisotopic (exact) mass is 266 g/mol. The van der Waals surface area contributed by atoms with Crippen LogP contribution in [0, 0.1) is 5.92 Å². The average Bonchev–Trinajstić information content (AvgIpc) is 2.75. The van der Waals surface area contributed by atoms with Crippen molar-refractivity contribution in [2.75, 3.05) is 20.6 Å². The summed E-state index contributed by atoms with van der Waals surface area (Å²) in [5.41, 5.74) is 0.278. The second kappa shape index (κ2) is 5.96. The van der Waals surface area contributed by atoms with Crippen molar-refractivity contribution in [2.45, 2.75) is 44.7 Å². The molecule has 6 heteroatoms. The van der Waals surface area contributed by atoms with Crippen molar-refractivity contribution in [3.63, 3.8) is 0 Å². The fraction of sp³-hybridized carbons (Fsp3) is 0.923. The van der Waals surface area contributed by atoms with E-state index in [2.05, 4.69) is 46.6 Å². The number of likely N-dealkylation sites (N-methyl/N-ethyl adjacent to an activating group) is 1. The number of nitrogens with zero attached hydrogens (tertiary/aromatic N) is 5. The Kier molecular flexibility index (Phi) is 4.52. The smallest absolute Gasteiger partial charge is 0.188 e. The molecule has 0 spiro atoms. The zero-order chi connectivity index (χ0) is 13.9. The number of tetrazole rings is 1. The Morgan fingerprint density at radius 3 is 2.84 bits per heavy atom. The summed E-state index contributed by atoms with van der Waals surface area (Å²) in [6.45, 7) is 4.04. The van der Waals surface area contributed by atoms with Crippen molar-refractivity contribution < 1.29 is 0 Å². The molecule has 19 heavy (non-hydrogen) atoms. The third-order valence-electron chi connectivity index (χ3n) is 4.30. The Hall–Kier alpha value is -1.01. The summed E-state index contributed by atoms with van der Waals surface area (Å²) >= 11 is 0. The van der Waals surface area contributed by atoms with Gasteiger partial charge >= 0.3 is 0 Å². The van der Waals surface area contributed by atoms with Gasteiger partial charge in [-0.05, 0) is 38.1 Å². The van der Waals surface area contributed by atoms with Crippen LogP contribution in [0.25, 0.3) is 0 Å². The molecule has 2 atom stereocenters. The van der Waals surface area contributed by atoms with Crippen molar-refractivity contribution in [2.24, 2.45) is 13.0 Å². The second-order valence-electron chi connectivity index (χ2n) is 6.12. The fourth-order valence-electron chi connectivity index (χ4n) is 3.16. The van der Waals surface area contributed by atoms with Crippen LogP contribution in [0.3, 0.4) is 0 Å². The lowest BCUT2D eigenvalue weighted by Gasteiger charge is -2.45. The molecule has 0 amide bonds. The predicted octanol–water partition coefficient (Wildman–Crippen LogP) is 0.810. The second-order valence-corrected chi connectivity index (χ2v) is 6.12. The average molecular weight is 266 g/mol. The first-order chi connectivity index (χ1) is 9.02. The zero-order valence-corrected chi connectivity index (χ0v) is 12.6. The summed E-state index contributed by atoms with van der Waals surface area (Å²) in [5.74, 6) is 1.58. The SMILES string of the molecule is CC1CCCC(CNCc2nnn(C)n2)(N(C)C)C1. The molecule has 1 aliphatic rings. The van der Waals surface area contributed by atoms with Crippen molar-refractivity contribution in [3.05, 3.63) is 5.82 Å². The lowest BCUT2D eigenvalue weighted by atomic mass is 9.75. The first-order valence-electron chi connectivity index (χ1n) is 7.13. The van der Waals surface area contributed by atoms with Crippen LogP contribution in [-0.2, 0) is 13.6 Å². The normalized spacial score (nSPS) is 27.9. The molecule has 0 aliphatic heterocycles. The number of nitrogens with one attached hydrogen (secondary N) is 1. The van der Waals surface area contributed by atoms with Crippen molar-refractivity contribution >= 4 is 0 Å². The number of aromatic nitrogens is 4. The molecule has 6 nitrogen and oxygen atoms in total. The van der Waals surface area contributed by atoms with E-state index in [9.17, 15) is 0 Å². The summed E-state index contributed by atoms with van der Waals surface area (Å²) in [6.07, 6.45) is 5.22. The molecule has 1 N–H and O–H groups in total. The summed E-state index contributed by atoms with van der Waals surface area (Å²) in [7, 11) is 6.18. The van der Waals surface area contributed by atoms with Gasteiger partial charge in [0.1, 0.15) is 0 Å². The molecule has 1 aromatic heterocycles. The Balaban J connectivity index is 1.90. The van der Waals surface area contributed by atoms with E-state index in [-0.39, 0.29) is 5.54 Å². The van der Waals surface area contributed by atoms with Crippen LogP contribution >= 0.6 is 0 Å². The molecule has 1 aliphatic carbocycles. The lowest BCUT2D eigenvalue weighted by molar-refractivity contribution is 0.0748. The molecule has 1 saturated carbocycles. The van der Waals surface area contributed by atoms with Crippen LogP contribution in [0.4, 0.5) is 0 Å². The summed E-state index contributed by atoms with van der Waals surface area (Å²) in [6, 6.07) is 0. The first kappa shape index (κ1) is 14.4. The Bertz CT molecular complexity index is 402. The van der Waals surface area contributed by atoms with Crippen molar-refractivity contribution in [1.29, 1.82) is 0 Å². The third kappa shape index (κ3) is 3.51. The minimum atomic E-state index is 0.278. The zero-order valence-electron chi connectivity index (χ0n) is 12.6. The van der Waals surface area contributed by atoms with E-state index >= 15 is 0 Å². The number of aryl methyl sites for hydroxylation is 1. The number of hydrogen-bond acceptors (Lipinski definition) is 5. The minimum Gasteiger partial charge on any atom is -0.308 e. The largest absolute Gasteiger partial charge is 0.308 e. The molecule has 0 saturated heterocycles. The quantitative estimate of drug-likeness (QED) is 0.854. The number of rotatable bonds is 5. The third-order valence-corrected chi connectivity index (χ3v) is 4.30. The van der Waals surface area contributed by atoms with Crippen LogP contribution in [0.2, 0.25) is 0 Å². The van der Waals surface area contributed by atoms with Gasteiger partial charge in [-0.2, -0.15) is 4.80 Å². The van der Waals surface area contributed by atoms with Crippen LogP contribution < -0.4 is 5.32 Å². The molecule has 1 aromatic rings. The van der Waals surface area contributed by atoms with Gasteiger partial charge in [-0.25, -0.2) is 0 Å². The van der Waals surface area contributed by atoms with E-state index in [1.807, 2.05) is 0 Å². The van der Waals surface area contributed by atoms with Crippen LogP contribution in [0.1, 0.15) is 38.4 Å². The van der Waals surface area contributed by atoms with Gasteiger partial charge in [0.2, 0.25) is 0 Å².